The molecular formula is C15H11ClF3N. The van der Waals surface area contributed by atoms with Crippen molar-refractivity contribution in [1.82, 2.24) is 0 Å². The Morgan fingerprint density at radius 1 is 1.05 bits per heavy atom. The predicted molar refractivity (Wildman–Crippen MR) is 72.5 cm³/mol. The Labute approximate surface area is 119 Å². The standard InChI is InChI=1S/C15H11ClF3N/c16-9-2-3-11-8(5-9)1-4-14(11)20-10-6-12(17)15(19)13(18)7-10/h2-3,5-7,14,20H,1,4H2. The number of hydrogen-bond acceptors (Lipinski definition) is 1. The summed E-state index contributed by atoms with van der Waals surface area (Å²) in [4.78, 5) is 0. The zero-order valence-electron chi connectivity index (χ0n) is 10.4. The van der Waals surface area contributed by atoms with Crippen LogP contribution >= 0.6 is 11.6 Å². The Kier molecular flexibility index (Phi) is 3.34. The number of aryl methyl sites for hydroxylation is 1. The second-order valence-corrected chi connectivity index (χ2v) is 5.27. The lowest BCUT2D eigenvalue weighted by Crippen LogP contribution is -2.08. The van der Waals surface area contributed by atoms with E-state index in [1.807, 2.05) is 12.1 Å². The normalized spacial score (nSPS) is 17.1. The van der Waals surface area contributed by atoms with Crippen molar-refractivity contribution in [2.75, 3.05) is 5.32 Å². The maximum atomic E-state index is 13.2. The van der Waals surface area contributed by atoms with Crippen molar-refractivity contribution in [1.29, 1.82) is 0 Å². The molecule has 1 unspecified atom stereocenters. The van der Waals surface area contributed by atoms with E-state index in [2.05, 4.69) is 5.32 Å². The largest absolute Gasteiger partial charge is 0.378 e. The molecule has 2 aromatic carbocycles. The number of benzene rings is 2. The second kappa shape index (κ2) is 5.02. The summed E-state index contributed by atoms with van der Waals surface area (Å²) in [5.74, 6) is -3.84. The smallest absolute Gasteiger partial charge is 0.194 e. The first-order chi connectivity index (χ1) is 9.54. The van der Waals surface area contributed by atoms with Gasteiger partial charge in [-0.2, -0.15) is 0 Å². The zero-order chi connectivity index (χ0) is 14.3. The van der Waals surface area contributed by atoms with Gasteiger partial charge in [-0.15, -0.1) is 0 Å². The fourth-order valence-electron chi connectivity index (χ4n) is 2.58. The van der Waals surface area contributed by atoms with Crippen LogP contribution in [0.2, 0.25) is 5.02 Å². The number of anilines is 1. The molecule has 20 heavy (non-hydrogen) atoms. The van der Waals surface area contributed by atoms with E-state index in [0.29, 0.717) is 5.02 Å². The summed E-state index contributed by atoms with van der Waals surface area (Å²) in [5, 5.41) is 3.71. The average molecular weight is 298 g/mol. The third-order valence-electron chi connectivity index (χ3n) is 3.51. The van der Waals surface area contributed by atoms with Crippen molar-refractivity contribution in [3.05, 3.63) is 63.9 Å². The summed E-state index contributed by atoms with van der Waals surface area (Å²) in [6.45, 7) is 0. The molecule has 2 aromatic rings. The molecule has 0 saturated heterocycles. The van der Waals surface area contributed by atoms with Gasteiger partial charge in [-0.05, 0) is 36.1 Å². The Balaban J connectivity index is 1.87. The quantitative estimate of drug-likeness (QED) is 0.781. The van der Waals surface area contributed by atoms with Crippen LogP contribution in [0.15, 0.2) is 30.3 Å². The van der Waals surface area contributed by atoms with Crippen LogP contribution in [-0.4, -0.2) is 0 Å². The minimum Gasteiger partial charge on any atom is -0.378 e. The third kappa shape index (κ3) is 2.36. The molecule has 0 bridgehead atoms. The lowest BCUT2D eigenvalue weighted by atomic mass is 10.1. The van der Waals surface area contributed by atoms with Gasteiger partial charge in [0.25, 0.3) is 0 Å². The Morgan fingerprint density at radius 3 is 2.45 bits per heavy atom. The lowest BCUT2D eigenvalue weighted by Gasteiger charge is -2.16. The molecule has 5 heteroatoms. The summed E-state index contributed by atoms with van der Waals surface area (Å²) in [6, 6.07) is 7.46. The Bertz CT molecular complexity index is 649. The summed E-state index contributed by atoms with van der Waals surface area (Å²) < 4.78 is 39.3. The van der Waals surface area contributed by atoms with Crippen LogP contribution in [0.25, 0.3) is 0 Å². The van der Waals surface area contributed by atoms with E-state index in [-0.39, 0.29) is 11.7 Å². The monoisotopic (exact) mass is 297 g/mol. The van der Waals surface area contributed by atoms with Gasteiger partial charge in [-0.3, -0.25) is 0 Å². The molecule has 0 aromatic heterocycles. The minimum absolute atomic E-state index is 0.0495. The van der Waals surface area contributed by atoms with Gasteiger partial charge in [0.2, 0.25) is 0 Å². The highest BCUT2D eigenvalue weighted by Crippen LogP contribution is 2.35. The van der Waals surface area contributed by atoms with Gasteiger partial charge in [0.05, 0.1) is 6.04 Å². The van der Waals surface area contributed by atoms with E-state index in [4.69, 9.17) is 11.6 Å². The van der Waals surface area contributed by atoms with Gasteiger partial charge in [0.15, 0.2) is 17.5 Å². The topological polar surface area (TPSA) is 12.0 Å². The molecule has 1 aliphatic carbocycles. The summed E-state index contributed by atoms with van der Waals surface area (Å²) in [7, 11) is 0. The number of rotatable bonds is 2. The van der Waals surface area contributed by atoms with Gasteiger partial charge in [-0.25, -0.2) is 13.2 Å². The van der Waals surface area contributed by atoms with Crippen LogP contribution < -0.4 is 5.32 Å². The molecule has 1 aliphatic rings. The second-order valence-electron chi connectivity index (χ2n) is 4.83. The van der Waals surface area contributed by atoms with Crippen LogP contribution in [0.4, 0.5) is 18.9 Å². The molecule has 3 rings (SSSR count). The van der Waals surface area contributed by atoms with Crippen molar-refractivity contribution in [3.8, 4) is 0 Å². The molecule has 1 N–H and O–H groups in total. The van der Waals surface area contributed by atoms with Gasteiger partial charge in [-0.1, -0.05) is 17.7 Å². The molecule has 0 fully saturated rings. The fourth-order valence-corrected chi connectivity index (χ4v) is 2.77. The van der Waals surface area contributed by atoms with Crippen molar-refractivity contribution < 1.29 is 13.2 Å². The molecule has 104 valence electrons. The molecule has 0 amide bonds. The number of fused-ring (bicyclic) bond motifs is 1. The van der Waals surface area contributed by atoms with E-state index < -0.39 is 17.5 Å². The van der Waals surface area contributed by atoms with E-state index in [1.165, 1.54) is 0 Å². The molecule has 0 radical (unpaired) electrons. The van der Waals surface area contributed by atoms with Gasteiger partial charge in [0, 0.05) is 22.8 Å². The van der Waals surface area contributed by atoms with Crippen LogP contribution in [0.5, 0.6) is 0 Å². The molecule has 0 heterocycles. The molecule has 0 aliphatic heterocycles. The predicted octanol–water partition coefficient (Wildman–Crippen LogP) is 4.86. The van der Waals surface area contributed by atoms with Gasteiger partial charge in [0.1, 0.15) is 0 Å². The van der Waals surface area contributed by atoms with Crippen molar-refractivity contribution in [3.63, 3.8) is 0 Å². The van der Waals surface area contributed by atoms with E-state index >= 15 is 0 Å². The van der Waals surface area contributed by atoms with E-state index in [9.17, 15) is 13.2 Å². The molecule has 1 nitrogen and oxygen atoms in total. The van der Waals surface area contributed by atoms with Gasteiger partial charge < -0.3 is 5.32 Å². The van der Waals surface area contributed by atoms with Crippen LogP contribution in [-0.2, 0) is 6.42 Å². The first-order valence-electron chi connectivity index (χ1n) is 6.24. The fraction of sp³-hybridized carbons (Fsp3) is 0.200. The first-order valence-corrected chi connectivity index (χ1v) is 6.62. The number of nitrogens with one attached hydrogen (secondary N) is 1. The molecule has 0 saturated carbocycles. The van der Waals surface area contributed by atoms with E-state index in [1.54, 1.807) is 6.07 Å². The Morgan fingerprint density at radius 2 is 1.75 bits per heavy atom. The summed E-state index contributed by atoms with van der Waals surface area (Å²) in [5.41, 5.74) is 2.41. The molecule has 1 atom stereocenters. The average Bonchev–Trinajstić information content (AvgIpc) is 2.78. The maximum absolute atomic E-state index is 13.2. The SMILES string of the molecule is Fc1cc(NC2CCc3cc(Cl)ccc32)cc(F)c1F. The third-order valence-corrected chi connectivity index (χ3v) is 3.74. The highest BCUT2D eigenvalue weighted by Gasteiger charge is 2.23. The molecule has 0 spiro atoms. The van der Waals surface area contributed by atoms with Crippen LogP contribution in [0, 0.1) is 17.5 Å². The zero-order valence-corrected chi connectivity index (χ0v) is 11.1. The highest BCUT2D eigenvalue weighted by atomic mass is 35.5. The first kappa shape index (κ1) is 13.3. The maximum Gasteiger partial charge on any atom is 0.194 e. The van der Waals surface area contributed by atoms with Crippen molar-refractivity contribution in [2.45, 2.75) is 18.9 Å². The van der Waals surface area contributed by atoms with Crippen molar-refractivity contribution >= 4 is 17.3 Å². The van der Waals surface area contributed by atoms with Crippen LogP contribution in [0.3, 0.4) is 0 Å². The number of hydrogen-bond donors (Lipinski definition) is 1. The Hall–Kier alpha value is -1.68. The van der Waals surface area contributed by atoms with E-state index in [0.717, 1.165) is 36.1 Å². The summed E-state index contributed by atoms with van der Waals surface area (Å²) in [6.07, 6.45) is 1.65. The minimum atomic E-state index is -1.45. The highest BCUT2D eigenvalue weighted by molar-refractivity contribution is 6.30. The number of halogens is 4. The molecular weight excluding hydrogens is 287 g/mol. The lowest BCUT2D eigenvalue weighted by molar-refractivity contribution is 0.447. The van der Waals surface area contributed by atoms with Crippen molar-refractivity contribution in [2.24, 2.45) is 0 Å². The summed E-state index contributed by atoms with van der Waals surface area (Å²) >= 11 is 5.93. The van der Waals surface area contributed by atoms with Crippen LogP contribution in [0.1, 0.15) is 23.6 Å². The van der Waals surface area contributed by atoms with Gasteiger partial charge >= 0.3 is 0 Å².